The molecule has 0 radical (unpaired) electrons. The number of β-lactam (4-membered cyclic amide) rings is 1. The van der Waals surface area contributed by atoms with Crippen LogP contribution in [-0.4, -0.2) is 81.9 Å². The standard InChI is InChI=1S/C16H18N10O5S3/c1-25-16(22-23-24-25)34-3-5-2-32-12-8(11(28)26(12)9(5)13(29)30)20-10(27)7(21-14(17)31)6-4-33-15(18)19-6/h4,7-8,12H,2-3H2,1H3,(H2,18,19)(H,20,27)(H,29,30)(H3,17,21,31)/t7?,8-,12?/m0/s1. The molecule has 34 heavy (non-hydrogen) atoms. The minimum absolute atomic E-state index is 0.0616. The number of aliphatic carboxylic acids is 1. The minimum atomic E-state index is -1.25. The number of carbonyl (C=O) groups excluding carboxylic acids is 3. The molecule has 4 heterocycles. The quantitative estimate of drug-likeness (QED) is 0.169. The number of tetrazole rings is 1. The van der Waals surface area contributed by atoms with Gasteiger partial charge in [0.1, 0.15) is 17.1 Å². The van der Waals surface area contributed by atoms with E-state index < -0.39 is 41.3 Å². The maximum atomic E-state index is 12.9. The molecule has 3 atom stereocenters. The number of hydrogen-bond donors (Lipinski definition) is 6. The third kappa shape index (κ3) is 4.50. The molecule has 180 valence electrons. The fourth-order valence-electron chi connectivity index (χ4n) is 3.41. The SMILES string of the molecule is Cn1nnnc1SCC1=C(C(=O)O)N2C(=O)[C@H](NC(=O)C(NC(N)=O)c3csc(=N)[nH]3)C2SC1. The first kappa shape index (κ1) is 23.8. The van der Waals surface area contributed by atoms with Gasteiger partial charge in [0.25, 0.3) is 5.91 Å². The number of aromatic nitrogens is 5. The Morgan fingerprint density at radius 2 is 2.24 bits per heavy atom. The van der Waals surface area contributed by atoms with Gasteiger partial charge in [-0.15, -0.1) is 28.2 Å². The fourth-order valence-corrected chi connectivity index (χ4v) is 6.36. The van der Waals surface area contributed by atoms with Gasteiger partial charge in [0, 0.05) is 23.9 Å². The van der Waals surface area contributed by atoms with Crippen LogP contribution in [0.4, 0.5) is 4.79 Å². The molecule has 7 N–H and O–H groups in total. The summed E-state index contributed by atoms with van der Waals surface area (Å²) in [4.78, 5) is 53.0. The number of aryl methyl sites for hydroxylation is 1. The van der Waals surface area contributed by atoms with Crippen molar-refractivity contribution < 1.29 is 24.3 Å². The molecule has 0 aromatic carbocycles. The lowest BCUT2D eigenvalue weighted by molar-refractivity contribution is -0.151. The fraction of sp³-hybridized carbons (Fsp3) is 0.375. The van der Waals surface area contributed by atoms with Gasteiger partial charge in [0.15, 0.2) is 10.8 Å². The largest absolute Gasteiger partial charge is 0.477 e. The number of hydrogen-bond acceptors (Lipinski definition) is 11. The first-order valence-corrected chi connectivity index (χ1v) is 12.4. The number of H-pyrrole nitrogens is 1. The summed E-state index contributed by atoms with van der Waals surface area (Å²) < 4.78 is 1.45. The van der Waals surface area contributed by atoms with Gasteiger partial charge in [0.2, 0.25) is 11.1 Å². The molecule has 4 amide bonds. The molecule has 1 fully saturated rings. The van der Waals surface area contributed by atoms with Crippen molar-refractivity contribution in [1.82, 2.24) is 40.7 Å². The van der Waals surface area contributed by atoms with Crippen LogP contribution in [0.1, 0.15) is 11.7 Å². The van der Waals surface area contributed by atoms with Gasteiger partial charge in [0.05, 0.1) is 5.69 Å². The van der Waals surface area contributed by atoms with Gasteiger partial charge in [-0.05, 0) is 16.0 Å². The number of carboxylic acid groups (broad SMARTS) is 1. The zero-order valence-corrected chi connectivity index (χ0v) is 19.8. The van der Waals surface area contributed by atoms with Crippen molar-refractivity contribution in [3.8, 4) is 0 Å². The molecule has 0 aliphatic carbocycles. The second-order valence-electron chi connectivity index (χ2n) is 7.11. The maximum Gasteiger partial charge on any atom is 0.352 e. The molecule has 2 unspecified atom stereocenters. The number of thioether (sulfide) groups is 2. The van der Waals surface area contributed by atoms with Crippen molar-refractivity contribution in [3.63, 3.8) is 0 Å². The summed E-state index contributed by atoms with van der Waals surface area (Å²) in [7, 11) is 1.66. The van der Waals surface area contributed by atoms with E-state index in [-0.39, 0.29) is 21.9 Å². The predicted octanol–water partition coefficient (Wildman–Crippen LogP) is -1.68. The first-order valence-electron chi connectivity index (χ1n) is 9.51. The van der Waals surface area contributed by atoms with Gasteiger partial charge in [-0.1, -0.05) is 11.8 Å². The van der Waals surface area contributed by atoms with E-state index in [1.807, 2.05) is 0 Å². The summed E-state index contributed by atoms with van der Waals surface area (Å²) in [5.74, 6) is -1.96. The van der Waals surface area contributed by atoms with Crippen LogP contribution in [0.5, 0.6) is 0 Å². The topological polar surface area (TPSA) is 225 Å². The molecule has 15 nitrogen and oxygen atoms in total. The van der Waals surface area contributed by atoms with Crippen LogP contribution in [-0.2, 0) is 21.4 Å². The van der Waals surface area contributed by atoms with E-state index >= 15 is 0 Å². The van der Waals surface area contributed by atoms with Gasteiger partial charge in [-0.2, -0.15) is 0 Å². The van der Waals surface area contributed by atoms with Crippen LogP contribution < -0.4 is 21.2 Å². The van der Waals surface area contributed by atoms with Crippen LogP contribution in [0, 0.1) is 5.41 Å². The van der Waals surface area contributed by atoms with Crippen molar-refractivity contribution in [2.75, 3.05) is 11.5 Å². The van der Waals surface area contributed by atoms with E-state index in [4.69, 9.17) is 11.1 Å². The summed E-state index contributed by atoms with van der Waals surface area (Å²) in [6.45, 7) is 0. The number of rotatable bonds is 8. The summed E-state index contributed by atoms with van der Waals surface area (Å²) in [5, 5.41) is 34.7. The van der Waals surface area contributed by atoms with E-state index in [2.05, 4.69) is 31.1 Å². The third-order valence-electron chi connectivity index (χ3n) is 4.93. The Hall–Kier alpha value is -3.38. The number of fused-ring (bicyclic) bond motifs is 1. The second-order valence-corrected chi connectivity index (χ2v) is 10.0. The van der Waals surface area contributed by atoms with Gasteiger partial charge < -0.3 is 26.5 Å². The summed E-state index contributed by atoms with van der Waals surface area (Å²) in [6.07, 6.45) is 0. The lowest BCUT2D eigenvalue weighted by atomic mass is 10.0. The van der Waals surface area contributed by atoms with Crippen molar-refractivity contribution >= 4 is 58.7 Å². The van der Waals surface area contributed by atoms with Crippen LogP contribution in [0.15, 0.2) is 21.8 Å². The highest BCUT2D eigenvalue weighted by Gasteiger charge is 2.54. The number of nitrogens with two attached hydrogens (primary N) is 1. The summed E-state index contributed by atoms with van der Waals surface area (Å²) in [6, 6.07) is -3.20. The molecule has 0 bridgehead atoms. The van der Waals surface area contributed by atoms with E-state index in [0.717, 1.165) is 16.2 Å². The maximum absolute atomic E-state index is 12.9. The number of nitrogens with zero attached hydrogens (tertiary/aromatic N) is 5. The number of amides is 4. The molecule has 1 saturated heterocycles. The van der Waals surface area contributed by atoms with Gasteiger partial charge in [-0.3, -0.25) is 19.9 Å². The zero-order chi connectivity index (χ0) is 24.6. The molecule has 2 aliphatic rings. The van der Waals surface area contributed by atoms with E-state index in [0.29, 0.717) is 16.5 Å². The molecule has 2 aliphatic heterocycles. The second kappa shape index (κ2) is 9.47. The smallest absolute Gasteiger partial charge is 0.352 e. The normalized spacial score (nSPS) is 20.4. The van der Waals surface area contributed by atoms with E-state index in [1.165, 1.54) is 33.6 Å². The number of carboxylic acids is 1. The highest BCUT2D eigenvalue weighted by molar-refractivity contribution is 8.01. The predicted molar refractivity (Wildman–Crippen MR) is 119 cm³/mol. The number of nitrogens with one attached hydrogen (secondary N) is 4. The molecule has 0 saturated carbocycles. The Kier molecular flexibility index (Phi) is 6.62. The van der Waals surface area contributed by atoms with Crippen molar-refractivity contribution in [2.24, 2.45) is 12.8 Å². The highest BCUT2D eigenvalue weighted by Crippen LogP contribution is 2.41. The molecular weight excluding hydrogens is 508 g/mol. The molecule has 2 aromatic rings. The van der Waals surface area contributed by atoms with Crippen LogP contribution in [0.25, 0.3) is 0 Å². The summed E-state index contributed by atoms with van der Waals surface area (Å²) in [5.41, 5.74) is 5.81. The minimum Gasteiger partial charge on any atom is -0.477 e. The van der Waals surface area contributed by atoms with Crippen LogP contribution >= 0.6 is 34.9 Å². The zero-order valence-electron chi connectivity index (χ0n) is 17.3. The Bertz CT molecular complexity index is 1250. The average molecular weight is 527 g/mol. The third-order valence-corrected chi connectivity index (χ3v) is 8.07. The Morgan fingerprint density at radius 3 is 2.82 bits per heavy atom. The van der Waals surface area contributed by atoms with Crippen molar-refractivity contribution in [1.29, 1.82) is 5.41 Å². The number of urea groups is 1. The van der Waals surface area contributed by atoms with Crippen LogP contribution in [0.3, 0.4) is 0 Å². The lowest BCUT2D eigenvalue weighted by Crippen LogP contribution is -2.71. The van der Waals surface area contributed by atoms with Crippen molar-refractivity contribution in [3.05, 3.63) is 27.1 Å². The van der Waals surface area contributed by atoms with Crippen molar-refractivity contribution in [2.45, 2.75) is 22.6 Å². The highest BCUT2D eigenvalue weighted by atomic mass is 32.2. The molecular formula is C16H18N10O5S3. The van der Waals surface area contributed by atoms with Gasteiger partial charge in [-0.25, -0.2) is 14.3 Å². The first-order chi connectivity index (χ1) is 16.2. The molecule has 0 spiro atoms. The number of thiazole rings is 1. The Labute approximate surface area is 203 Å². The molecule has 18 heteroatoms. The van der Waals surface area contributed by atoms with Gasteiger partial charge >= 0.3 is 12.0 Å². The molecule has 2 aromatic heterocycles. The Morgan fingerprint density at radius 1 is 1.47 bits per heavy atom. The number of primary amides is 1. The molecule has 4 rings (SSSR count). The summed E-state index contributed by atoms with van der Waals surface area (Å²) >= 11 is 3.57. The van der Waals surface area contributed by atoms with E-state index in [9.17, 15) is 24.3 Å². The number of aromatic amines is 1. The number of carbonyl (C=O) groups is 4. The van der Waals surface area contributed by atoms with E-state index in [1.54, 1.807) is 7.05 Å². The average Bonchev–Trinajstić information content (AvgIpc) is 3.40. The monoisotopic (exact) mass is 526 g/mol. The lowest BCUT2D eigenvalue weighted by Gasteiger charge is -2.49. The Balaban J connectivity index is 1.49. The van der Waals surface area contributed by atoms with Crippen LogP contribution in [0.2, 0.25) is 0 Å².